The van der Waals surface area contributed by atoms with Gasteiger partial charge in [-0.1, -0.05) is 13.8 Å². The van der Waals surface area contributed by atoms with Crippen LogP contribution in [0.1, 0.15) is 33.1 Å². The molecule has 0 radical (unpaired) electrons. The largest absolute Gasteiger partial charge is 0.354 e. The second-order valence-electron chi connectivity index (χ2n) is 10.3. The second-order valence-corrected chi connectivity index (χ2v) is 11.1. The molecule has 8 nitrogen and oxygen atoms in total. The fourth-order valence-electron chi connectivity index (χ4n) is 6.00. The van der Waals surface area contributed by atoms with E-state index in [0.717, 1.165) is 66.4 Å². The van der Waals surface area contributed by atoms with Crippen molar-refractivity contribution in [3.63, 3.8) is 0 Å². The molecule has 3 saturated carbocycles. The normalized spacial score (nSPS) is 26.1. The average molecular weight is 465 g/mol. The average Bonchev–Trinajstić information content (AvgIpc) is 3.31. The zero-order valence-corrected chi connectivity index (χ0v) is 20.2. The molecule has 3 heterocycles. The first kappa shape index (κ1) is 21.0. The number of thiazole rings is 1. The highest BCUT2D eigenvalue weighted by Gasteiger charge is 2.53. The summed E-state index contributed by atoms with van der Waals surface area (Å²) in [6.07, 6.45) is 4.04. The Morgan fingerprint density at radius 3 is 2.79 bits per heavy atom. The maximum absolute atomic E-state index is 4.82. The van der Waals surface area contributed by atoms with Gasteiger partial charge in [0.15, 0.2) is 0 Å². The highest BCUT2D eigenvalue weighted by atomic mass is 32.1. The molecule has 3 atom stereocenters. The first-order valence-corrected chi connectivity index (χ1v) is 13.0. The van der Waals surface area contributed by atoms with Crippen LogP contribution >= 0.6 is 11.3 Å². The molecular weight excluding hydrogens is 432 g/mol. The third kappa shape index (κ3) is 4.01. The van der Waals surface area contributed by atoms with Gasteiger partial charge in [0.25, 0.3) is 0 Å². The van der Waals surface area contributed by atoms with Crippen LogP contribution in [0, 0.1) is 23.2 Å². The maximum Gasteiger partial charge on any atom is 0.233 e. The first-order valence-electron chi connectivity index (χ1n) is 12.1. The molecule has 1 aliphatic heterocycles. The zero-order valence-electron chi connectivity index (χ0n) is 19.3. The topological polar surface area (TPSA) is 90.9 Å². The summed E-state index contributed by atoms with van der Waals surface area (Å²) in [5.41, 5.74) is 4.33. The minimum atomic E-state index is 0.484. The van der Waals surface area contributed by atoms with Crippen LogP contribution in [0.2, 0.25) is 0 Å². The van der Waals surface area contributed by atoms with Crippen LogP contribution < -0.4 is 20.9 Å². The summed E-state index contributed by atoms with van der Waals surface area (Å²) >= 11 is 1.64. The minimum Gasteiger partial charge on any atom is -0.354 e. The number of piperazine rings is 1. The van der Waals surface area contributed by atoms with E-state index in [0.29, 0.717) is 23.2 Å². The Morgan fingerprint density at radius 1 is 1.12 bits per heavy atom. The Bertz CT molecular complexity index is 1140. The molecule has 0 amide bonds. The summed E-state index contributed by atoms with van der Waals surface area (Å²) in [5, 5.41) is 10.4. The van der Waals surface area contributed by atoms with Crippen molar-refractivity contribution in [2.75, 3.05) is 48.3 Å². The third-order valence-corrected chi connectivity index (χ3v) is 8.93. The molecule has 4 fully saturated rings. The third-order valence-electron chi connectivity index (χ3n) is 8.13. The number of benzene rings is 1. The number of hydrogen-bond donors (Lipinski definition) is 3. The van der Waals surface area contributed by atoms with E-state index in [4.69, 9.17) is 15.0 Å². The number of nitrogens with zero attached hydrogens (tertiary/aromatic N) is 5. The van der Waals surface area contributed by atoms with Crippen molar-refractivity contribution in [3.8, 4) is 0 Å². The Kier molecular flexibility index (Phi) is 5.33. The molecule has 3 N–H and O–H groups in total. The minimum absolute atomic E-state index is 0.484. The number of aromatic nitrogens is 4. The van der Waals surface area contributed by atoms with E-state index < -0.39 is 0 Å². The van der Waals surface area contributed by atoms with E-state index in [1.807, 2.05) is 17.6 Å². The molecule has 2 bridgehead atoms. The van der Waals surface area contributed by atoms with Crippen molar-refractivity contribution >= 4 is 45.1 Å². The van der Waals surface area contributed by atoms with Gasteiger partial charge in [0.1, 0.15) is 0 Å². The van der Waals surface area contributed by atoms with Gasteiger partial charge in [-0.15, -0.1) is 11.3 Å². The Balaban J connectivity index is 1.23. The van der Waals surface area contributed by atoms with E-state index in [1.165, 1.54) is 19.3 Å². The molecule has 3 aliphatic carbocycles. The quantitative estimate of drug-likeness (QED) is 0.502. The first-order chi connectivity index (χ1) is 16.1. The van der Waals surface area contributed by atoms with Gasteiger partial charge in [-0.3, -0.25) is 0 Å². The summed E-state index contributed by atoms with van der Waals surface area (Å²) in [5.74, 6) is 4.40. The molecule has 2 unspecified atom stereocenters. The Hall–Kier alpha value is -2.52. The molecule has 174 valence electrons. The van der Waals surface area contributed by atoms with E-state index in [2.05, 4.69) is 45.7 Å². The summed E-state index contributed by atoms with van der Waals surface area (Å²) in [7, 11) is 0. The van der Waals surface area contributed by atoms with Gasteiger partial charge < -0.3 is 20.9 Å². The lowest BCUT2D eigenvalue weighted by molar-refractivity contribution is -0.100. The van der Waals surface area contributed by atoms with Gasteiger partial charge in [0.2, 0.25) is 17.8 Å². The van der Waals surface area contributed by atoms with Crippen molar-refractivity contribution in [1.82, 2.24) is 25.3 Å². The van der Waals surface area contributed by atoms with E-state index in [1.54, 1.807) is 11.3 Å². The number of rotatable bonds is 6. The number of hydrogen-bond acceptors (Lipinski definition) is 9. The van der Waals surface area contributed by atoms with Crippen molar-refractivity contribution in [2.45, 2.75) is 33.1 Å². The van der Waals surface area contributed by atoms with Crippen LogP contribution in [-0.4, -0.2) is 52.7 Å². The van der Waals surface area contributed by atoms with Crippen LogP contribution in [0.15, 0.2) is 23.7 Å². The van der Waals surface area contributed by atoms with Crippen molar-refractivity contribution in [2.24, 2.45) is 23.2 Å². The maximum atomic E-state index is 4.82. The van der Waals surface area contributed by atoms with Gasteiger partial charge in [-0.05, 0) is 60.6 Å². The van der Waals surface area contributed by atoms with Gasteiger partial charge in [-0.25, -0.2) is 4.98 Å². The van der Waals surface area contributed by atoms with Crippen molar-refractivity contribution in [3.05, 3.63) is 23.7 Å². The molecule has 2 aromatic heterocycles. The number of fused-ring (bicyclic) bond motifs is 3. The second kappa shape index (κ2) is 8.36. The van der Waals surface area contributed by atoms with Crippen LogP contribution in [0.25, 0.3) is 10.2 Å². The fourth-order valence-corrected chi connectivity index (χ4v) is 6.71. The van der Waals surface area contributed by atoms with Crippen LogP contribution in [0.3, 0.4) is 0 Å². The fraction of sp³-hybridized carbons (Fsp3) is 0.583. The van der Waals surface area contributed by atoms with Crippen molar-refractivity contribution in [1.29, 1.82) is 0 Å². The smallest absolute Gasteiger partial charge is 0.233 e. The van der Waals surface area contributed by atoms with Gasteiger partial charge in [-0.2, -0.15) is 15.0 Å². The van der Waals surface area contributed by atoms with Crippen molar-refractivity contribution < 1.29 is 0 Å². The summed E-state index contributed by atoms with van der Waals surface area (Å²) in [4.78, 5) is 20.9. The monoisotopic (exact) mass is 464 g/mol. The van der Waals surface area contributed by atoms with Crippen LogP contribution in [0.4, 0.5) is 23.5 Å². The van der Waals surface area contributed by atoms with E-state index in [9.17, 15) is 0 Å². The molecule has 1 aromatic carbocycles. The Labute approximate surface area is 198 Å². The summed E-state index contributed by atoms with van der Waals surface area (Å²) < 4.78 is 1.15. The number of nitrogens with one attached hydrogen (secondary N) is 3. The molecule has 33 heavy (non-hydrogen) atoms. The molecule has 9 heteroatoms. The zero-order chi connectivity index (χ0) is 22.4. The highest BCUT2D eigenvalue weighted by molar-refractivity contribution is 7.16. The SMILES string of the molecule is CC1(C)C2CCC(CNc3nc(Nc4ccc5ncsc5c4)nc(N4CCNCC4)n3)[C@@H]1C2. The number of anilines is 4. The summed E-state index contributed by atoms with van der Waals surface area (Å²) in [6.45, 7) is 9.51. The lowest BCUT2D eigenvalue weighted by Gasteiger charge is -2.60. The molecule has 4 aliphatic rings. The molecule has 1 saturated heterocycles. The van der Waals surface area contributed by atoms with E-state index in [-0.39, 0.29) is 0 Å². The van der Waals surface area contributed by atoms with Crippen LogP contribution in [0.5, 0.6) is 0 Å². The highest BCUT2D eigenvalue weighted by Crippen LogP contribution is 2.61. The lowest BCUT2D eigenvalue weighted by atomic mass is 9.45. The molecule has 7 rings (SSSR count). The molecule has 0 spiro atoms. The molecular formula is C24H32N8S. The van der Waals surface area contributed by atoms with Gasteiger partial charge in [0.05, 0.1) is 15.7 Å². The predicted molar refractivity (Wildman–Crippen MR) is 134 cm³/mol. The molecule has 3 aromatic rings. The Morgan fingerprint density at radius 2 is 1.97 bits per heavy atom. The van der Waals surface area contributed by atoms with Gasteiger partial charge in [0, 0.05) is 38.4 Å². The predicted octanol–water partition coefficient (Wildman–Crippen LogP) is 4.12. The lowest BCUT2D eigenvalue weighted by Crippen LogP contribution is -2.53. The van der Waals surface area contributed by atoms with E-state index >= 15 is 0 Å². The van der Waals surface area contributed by atoms with Crippen LogP contribution in [-0.2, 0) is 0 Å². The van der Waals surface area contributed by atoms with Gasteiger partial charge >= 0.3 is 0 Å². The summed E-state index contributed by atoms with van der Waals surface area (Å²) in [6, 6.07) is 6.16. The standard InChI is InChI=1S/C24H32N8S/c1-24(2)16-4-3-15(18(24)11-16)13-26-21-29-22(31-23(30-21)32-9-7-25-8-10-32)28-17-5-6-19-20(12-17)33-14-27-19/h5-6,12,14-16,18,25H,3-4,7-11,13H2,1-2H3,(H2,26,28,29,30,31)/t15?,16?,18-/m0/s1.